The zero-order valence-corrected chi connectivity index (χ0v) is 15.1. The summed E-state index contributed by atoms with van der Waals surface area (Å²) in [4.78, 5) is 22.9. The fraction of sp³-hybridized carbons (Fsp3) is 0.300. The van der Waals surface area contributed by atoms with Gasteiger partial charge in [-0.05, 0) is 37.1 Å². The summed E-state index contributed by atoms with van der Waals surface area (Å²) < 4.78 is 24.2. The van der Waals surface area contributed by atoms with E-state index in [0.29, 0.717) is 24.6 Å². The number of pyridine rings is 1. The lowest BCUT2D eigenvalue weighted by Crippen LogP contribution is -2.39. The van der Waals surface area contributed by atoms with Gasteiger partial charge in [0.15, 0.2) is 24.0 Å². The molecule has 0 N–H and O–H groups in total. The van der Waals surface area contributed by atoms with Gasteiger partial charge in [-0.15, -0.1) is 0 Å². The van der Waals surface area contributed by atoms with Gasteiger partial charge in [0, 0.05) is 25.2 Å². The molecule has 3 heterocycles. The molecular weight excluding hydrogens is 363 g/mol. The molecule has 1 aliphatic rings. The van der Waals surface area contributed by atoms with E-state index in [-0.39, 0.29) is 30.1 Å². The fourth-order valence-electron chi connectivity index (χ4n) is 3.22. The SMILES string of the molecule is O=C(c1ccccn1)N1CCCC(c2noc(COc3ccccc3F)n2)C1. The van der Waals surface area contributed by atoms with Crippen LogP contribution in [0, 0.1) is 5.82 Å². The lowest BCUT2D eigenvalue weighted by Gasteiger charge is -2.31. The van der Waals surface area contributed by atoms with Crippen molar-refractivity contribution < 1.29 is 18.4 Å². The van der Waals surface area contributed by atoms with Crippen molar-refractivity contribution in [3.63, 3.8) is 0 Å². The molecule has 1 fully saturated rings. The predicted octanol–water partition coefficient (Wildman–Crippen LogP) is 3.20. The second-order valence-corrected chi connectivity index (χ2v) is 6.57. The maximum Gasteiger partial charge on any atom is 0.272 e. The number of hydrogen-bond donors (Lipinski definition) is 0. The number of piperidine rings is 1. The van der Waals surface area contributed by atoms with Crippen LogP contribution in [-0.4, -0.2) is 39.0 Å². The van der Waals surface area contributed by atoms with Crippen LogP contribution in [-0.2, 0) is 6.61 Å². The van der Waals surface area contributed by atoms with Crippen LogP contribution < -0.4 is 4.74 Å². The molecule has 28 heavy (non-hydrogen) atoms. The summed E-state index contributed by atoms with van der Waals surface area (Å²) in [6, 6.07) is 11.4. The summed E-state index contributed by atoms with van der Waals surface area (Å²) in [5.41, 5.74) is 0.426. The van der Waals surface area contributed by atoms with Gasteiger partial charge in [-0.3, -0.25) is 9.78 Å². The first-order valence-corrected chi connectivity index (χ1v) is 9.11. The van der Waals surface area contributed by atoms with Crippen molar-refractivity contribution in [3.8, 4) is 5.75 Å². The number of aromatic nitrogens is 3. The molecule has 2 aromatic heterocycles. The highest BCUT2D eigenvalue weighted by atomic mass is 19.1. The van der Waals surface area contributed by atoms with Crippen molar-refractivity contribution in [2.24, 2.45) is 0 Å². The van der Waals surface area contributed by atoms with Crippen molar-refractivity contribution in [3.05, 3.63) is 71.9 Å². The van der Waals surface area contributed by atoms with Gasteiger partial charge in [0.25, 0.3) is 11.8 Å². The van der Waals surface area contributed by atoms with Crippen molar-refractivity contribution in [2.75, 3.05) is 13.1 Å². The Bertz CT molecular complexity index is 947. The van der Waals surface area contributed by atoms with E-state index in [2.05, 4.69) is 15.1 Å². The van der Waals surface area contributed by atoms with Crippen LogP contribution in [0.2, 0.25) is 0 Å². The molecule has 144 valence electrons. The number of ether oxygens (including phenoxy) is 1. The fourth-order valence-corrected chi connectivity index (χ4v) is 3.22. The zero-order valence-electron chi connectivity index (χ0n) is 15.1. The molecule has 1 aliphatic heterocycles. The maximum atomic E-state index is 13.6. The number of amides is 1. The highest BCUT2D eigenvalue weighted by Gasteiger charge is 2.29. The van der Waals surface area contributed by atoms with Crippen LogP contribution in [0.5, 0.6) is 5.75 Å². The molecule has 1 unspecified atom stereocenters. The second kappa shape index (κ2) is 8.16. The van der Waals surface area contributed by atoms with Crippen molar-refractivity contribution >= 4 is 5.91 Å². The Balaban J connectivity index is 1.39. The quantitative estimate of drug-likeness (QED) is 0.674. The van der Waals surface area contributed by atoms with Crippen LogP contribution in [0.15, 0.2) is 53.2 Å². The lowest BCUT2D eigenvalue weighted by molar-refractivity contribution is 0.0697. The van der Waals surface area contributed by atoms with E-state index >= 15 is 0 Å². The highest BCUT2D eigenvalue weighted by Crippen LogP contribution is 2.26. The van der Waals surface area contributed by atoms with Gasteiger partial charge in [-0.2, -0.15) is 4.98 Å². The molecule has 1 amide bonds. The van der Waals surface area contributed by atoms with E-state index < -0.39 is 5.82 Å². The summed E-state index contributed by atoms with van der Waals surface area (Å²) >= 11 is 0. The van der Waals surface area contributed by atoms with Gasteiger partial charge in [-0.1, -0.05) is 23.4 Å². The van der Waals surface area contributed by atoms with Gasteiger partial charge >= 0.3 is 0 Å². The number of carbonyl (C=O) groups excluding carboxylic acids is 1. The monoisotopic (exact) mass is 382 g/mol. The first-order chi connectivity index (χ1) is 13.7. The molecule has 0 radical (unpaired) electrons. The molecule has 0 spiro atoms. The van der Waals surface area contributed by atoms with Crippen molar-refractivity contribution in [1.29, 1.82) is 0 Å². The third-order valence-corrected chi connectivity index (χ3v) is 4.63. The van der Waals surface area contributed by atoms with Crippen LogP contribution in [0.4, 0.5) is 4.39 Å². The molecule has 1 saturated heterocycles. The maximum absolute atomic E-state index is 13.6. The minimum atomic E-state index is -0.446. The van der Waals surface area contributed by atoms with E-state index in [1.165, 1.54) is 12.1 Å². The predicted molar refractivity (Wildman–Crippen MR) is 97.1 cm³/mol. The lowest BCUT2D eigenvalue weighted by atomic mass is 9.97. The molecule has 1 atom stereocenters. The molecule has 4 rings (SSSR count). The number of carbonyl (C=O) groups is 1. The summed E-state index contributed by atoms with van der Waals surface area (Å²) in [6.45, 7) is 1.16. The third-order valence-electron chi connectivity index (χ3n) is 4.63. The molecular formula is C20H19FN4O3. The topological polar surface area (TPSA) is 81.4 Å². The van der Waals surface area contributed by atoms with Gasteiger partial charge in [-0.25, -0.2) is 4.39 Å². The number of para-hydroxylation sites is 1. The Labute approximate surface area is 161 Å². The smallest absolute Gasteiger partial charge is 0.272 e. The largest absolute Gasteiger partial charge is 0.481 e. The van der Waals surface area contributed by atoms with Crippen LogP contribution in [0.25, 0.3) is 0 Å². The standard InChI is InChI=1S/C20H19FN4O3/c21-15-7-1-2-9-17(15)27-13-18-23-19(24-28-18)14-6-5-11-25(12-14)20(26)16-8-3-4-10-22-16/h1-4,7-10,14H,5-6,11-13H2. The van der Waals surface area contributed by atoms with Gasteiger partial charge in [0.2, 0.25) is 0 Å². The van der Waals surface area contributed by atoms with Crippen molar-refractivity contribution in [1.82, 2.24) is 20.0 Å². The number of nitrogens with zero attached hydrogens (tertiary/aromatic N) is 4. The zero-order chi connectivity index (χ0) is 19.3. The Hall–Kier alpha value is -3.29. The van der Waals surface area contributed by atoms with E-state index in [1.807, 2.05) is 0 Å². The minimum absolute atomic E-state index is 0.0166. The Morgan fingerprint density at radius 1 is 1.25 bits per heavy atom. The van der Waals surface area contributed by atoms with E-state index in [9.17, 15) is 9.18 Å². The average molecular weight is 382 g/mol. The number of likely N-dealkylation sites (tertiary alicyclic amines) is 1. The number of halogens is 1. The summed E-state index contributed by atoms with van der Waals surface area (Å²) in [5, 5.41) is 4.03. The summed E-state index contributed by atoms with van der Waals surface area (Å²) in [7, 11) is 0. The number of rotatable bonds is 5. The van der Waals surface area contributed by atoms with Crippen LogP contribution >= 0.6 is 0 Å². The van der Waals surface area contributed by atoms with Gasteiger partial charge in [0.1, 0.15) is 5.69 Å². The van der Waals surface area contributed by atoms with Crippen molar-refractivity contribution in [2.45, 2.75) is 25.4 Å². The minimum Gasteiger partial charge on any atom is -0.481 e. The second-order valence-electron chi connectivity index (χ2n) is 6.57. The van der Waals surface area contributed by atoms with Crippen LogP contribution in [0.1, 0.15) is 41.0 Å². The summed E-state index contributed by atoms with van der Waals surface area (Å²) in [6.07, 6.45) is 3.31. The normalized spacial score (nSPS) is 16.8. The summed E-state index contributed by atoms with van der Waals surface area (Å²) in [5.74, 6) is 0.367. The van der Waals surface area contributed by atoms with Crippen LogP contribution in [0.3, 0.4) is 0 Å². The molecule has 7 nitrogen and oxygen atoms in total. The molecule has 3 aromatic rings. The highest BCUT2D eigenvalue weighted by molar-refractivity contribution is 5.92. The first-order valence-electron chi connectivity index (χ1n) is 9.11. The molecule has 0 aliphatic carbocycles. The molecule has 1 aromatic carbocycles. The number of hydrogen-bond acceptors (Lipinski definition) is 6. The molecule has 8 heteroatoms. The number of benzene rings is 1. The van der Waals surface area contributed by atoms with Gasteiger partial charge in [0.05, 0.1) is 0 Å². The molecule has 0 saturated carbocycles. The Morgan fingerprint density at radius 2 is 2.11 bits per heavy atom. The average Bonchev–Trinajstić information content (AvgIpc) is 3.22. The Morgan fingerprint density at radius 3 is 2.93 bits per heavy atom. The Kier molecular flexibility index (Phi) is 5.27. The first kappa shape index (κ1) is 18.1. The van der Waals surface area contributed by atoms with E-state index in [0.717, 1.165) is 12.8 Å². The van der Waals surface area contributed by atoms with Gasteiger partial charge < -0.3 is 14.2 Å². The van der Waals surface area contributed by atoms with E-state index in [4.69, 9.17) is 9.26 Å². The third kappa shape index (κ3) is 4.00. The van der Waals surface area contributed by atoms with E-state index in [1.54, 1.807) is 41.4 Å². The molecule has 0 bridgehead atoms.